The Hall–Kier alpha value is -4.47. The van der Waals surface area contributed by atoms with Crippen LogP contribution in [0.2, 0.25) is 0 Å². The molecule has 1 aliphatic heterocycles. The fourth-order valence-corrected chi connectivity index (χ4v) is 5.95. The van der Waals surface area contributed by atoms with Crippen molar-refractivity contribution in [2.75, 3.05) is 24.6 Å². The minimum atomic E-state index is -1.24. The average Bonchev–Trinajstić information content (AvgIpc) is 3.46. The molecule has 1 saturated heterocycles. The van der Waals surface area contributed by atoms with Crippen LogP contribution in [0, 0.1) is 6.92 Å². The summed E-state index contributed by atoms with van der Waals surface area (Å²) in [6.45, 7) is 20.9. The van der Waals surface area contributed by atoms with Crippen molar-refractivity contribution in [2.24, 2.45) is 0 Å². The third kappa shape index (κ3) is 7.58. The van der Waals surface area contributed by atoms with Crippen molar-refractivity contribution in [2.45, 2.75) is 77.8 Å². The molecule has 9 nitrogen and oxygen atoms in total. The minimum absolute atomic E-state index is 0.141. The van der Waals surface area contributed by atoms with Gasteiger partial charge in [-0.2, -0.15) is 9.61 Å². The molecule has 47 heavy (non-hydrogen) atoms. The van der Waals surface area contributed by atoms with Crippen LogP contribution in [0.25, 0.3) is 28.0 Å². The first-order valence-corrected chi connectivity index (χ1v) is 16.1. The number of carboxylic acids is 1. The number of aromatic nitrogens is 3. The molecule has 2 atom stereocenters. The van der Waals surface area contributed by atoms with Gasteiger partial charge in [0.2, 0.25) is 0 Å². The number of piperidine rings is 1. The maximum absolute atomic E-state index is 12.8. The van der Waals surface area contributed by atoms with E-state index in [1.807, 2.05) is 83.1 Å². The number of carboxylic acid groups (broad SMARTS) is 1. The Bertz CT molecular complexity index is 1760. The van der Waals surface area contributed by atoms with Crippen molar-refractivity contribution in [1.82, 2.24) is 14.6 Å². The highest BCUT2D eigenvalue weighted by atomic mass is 16.5. The molecule has 3 heterocycles. The molecule has 0 amide bonds. The molecule has 1 fully saturated rings. The monoisotopic (exact) mass is 638 g/mol. The number of para-hydroxylation sites is 1. The first kappa shape index (κ1) is 33.9. The van der Waals surface area contributed by atoms with Crippen LogP contribution in [0.4, 0.5) is 5.82 Å². The zero-order valence-electron chi connectivity index (χ0n) is 28.3. The number of rotatable bonds is 12. The third-order valence-corrected chi connectivity index (χ3v) is 8.43. The fourth-order valence-electron chi connectivity index (χ4n) is 5.95. The van der Waals surface area contributed by atoms with Crippen molar-refractivity contribution in [3.05, 3.63) is 91.2 Å². The van der Waals surface area contributed by atoms with Crippen LogP contribution >= 0.6 is 0 Å². The van der Waals surface area contributed by atoms with E-state index >= 15 is 0 Å². The number of nitrogens with zero attached hydrogens (tertiary/aromatic N) is 4. The molecule has 0 radical (unpaired) electrons. The van der Waals surface area contributed by atoms with Crippen LogP contribution in [0.1, 0.15) is 64.8 Å². The molecule has 1 aliphatic rings. The number of aliphatic carboxylic acids is 1. The molecule has 248 valence electrons. The van der Waals surface area contributed by atoms with Gasteiger partial charge < -0.3 is 24.2 Å². The second kappa shape index (κ2) is 13.7. The summed E-state index contributed by atoms with van der Waals surface area (Å²) in [4.78, 5) is 19.9. The van der Waals surface area contributed by atoms with E-state index in [1.165, 1.54) is 0 Å². The summed E-state index contributed by atoms with van der Waals surface area (Å²) >= 11 is 0. The van der Waals surface area contributed by atoms with Crippen LogP contribution in [0.5, 0.6) is 5.75 Å². The largest absolute Gasteiger partial charge is 0.486 e. The van der Waals surface area contributed by atoms with Gasteiger partial charge >= 0.3 is 5.97 Å². The minimum Gasteiger partial charge on any atom is -0.486 e. The number of ether oxygens (including phenoxy) is 3. The van der Waals surface area contributed by atoms with Crippen molar-refractivity contribution < 1.29 is 24.1 Å². The normalized spacial score (nSPS) is 16.1. The number of benzene rings is 2. The second-order valence-electron chi connectivity index (χ2n) is 13.4. The van der Waals surface area contributed by atoms with Gasteiger partial charge in [-0.15, -0.1) is 6.58 Å². The molecule has 0 aliphatic carbocycles. The number of carbonyl (C=O) groups is 1. The number of hydrogen-bond donors (Lipinski definition) is 1. The van der Waals surface area contributed by atoms with E-state index in [4.69, 9.17) is 24.3 Å². The average molecular weight is 639 g/mol. The first-order valence-electron chi connectivity index (χ1n) is 16.1. The van der Waals surface area contributed by atoms with Crippen LogP contribution in [-0.2, 0) is 14.3 Å². The second-order valence-corrected chi connectivity index (χ2v) is 13.4. The van der Waals surface area contributed by atoms with Gasteiger partial charge in [-0.1, -0.05) is 55.1 Å². The molecular weight excluding hydrogens is 592 g/mol. The lowest BCUT2D eigenvalue weighted by Gasteiger charge is -2.41. The van der Waals surface area contributed by atoms with E-state index in [2.05, 4.69) is 31.0 Å². The molecule has 2 aromatic heterocycles. The zero-order valence-corrected chi connectivity index (χ0v) is 28.3. The smallest absolute Gasteiger partial charge is 0.337 e. The molecule has 2 unspecified atom stereocenters. The highest BCUT2D eigenvalue weighted by Crippen LogP contribution is 2.39. The molecule has 0 spiro atoms. The lowest BCUT2D eigenvalue weighted by atomic mass is 9.92. The van der Waals surface area contributed by atoms with E-state index in [-0.39, 0.29) is 11.7 Å². The van der Waals surface area contributed by atoms with Gasteiger partial charge in [0.1, 0.15) is 17.7 Å². The van der Waals surface area contributed by atoms with Gasteiger partial charge in [0, 0.05) is 36.0 Å². The van der Waals surface area contributed by atoms with Gasteiger partial charge in [0.25, 0.3) is 0 Å². The molecule has 2 aromatic carbocycles. The Morgan fingerprint density at radius 3 is 2.45 bits per heavy atom. The van der Waals surface area contributed by atoms with E-state index in [0.717, 1.165) is 41.0 Å². The topological polar surface area (TPSA) is 98.4 Å². The van der Waals surface area contributed by atoms with Crippen molar-refractivity contribution in [1.29, 1.82) is 0 Å². The van der Waals surface area contributed by atoms with Gasteiger partial charge in [0.05, 0.1) is 29.1 Å². The van der Waals surface area contributed by atoms with Crippen LogP contribution < -0.4 is 9.64 Å². The summed E-state index contributed by atoms with van der Waals surface area (Å²) in [5.41, 5.74) is 4.26. The Morgan fingerprint density at radius 2 is 1.79 bits per heavy atom. The third-order valence-electron chi connectivity index (χ3n) is 8.43. The zero-order chi connectivity index (χ0) is 33.9. The number of fused-ring (bicyclic) bond motifs is 1. The van der Waals surface area contributed by atoms with E-state index in [0.29, 0.717) is 42.4 Å². The first-order chi connectivity index (χ1) is 22.3. The summed E-state index contributed by atoms with van der Waals surface area (Å²) in [7, 11) is 0. The molecular formula is C38H46N4O5. The van der Waals surface area contributed by atoms with Crippen molar-refractivity contribution in [3.8, 4) is 28.1 Å². The van der Waals surface area contributed by atoms with E-state index in [9.17, 15) is 9.90 Å². The number of aryl methyl sites for hydroxylation is 1. The van der Waals surface area contributed by atoms with Gasteiger partial charge in [-0.25, -0.2) is 9.78 Å². The predicted molar refractivity (Wildman–Crippen MR) is 186 cm³/mol. The van der Waals surface area contributed by atoms with Crippen molar-refractivity contribution in [3.63, 3.8) is 0 Å². The Morgan fingerprint density at radius 1 is 1.09 bits per heavy atom. The predicted octanol–water partition coefficient (Wildman–Crippen LogP) is 7.83. The molecule has 1 N–H and O–H groups in total. The molecule has 0 saturated carbocycles. The Balaban J connectivity index is 1.63. The lowest BCUT2D eigenvalue weighted by Crippen LogP contribution is -2.45. The molecule has 0 bridgehead atoms. The highest BCUT2D eigenvalue weighted by molar-refractivity contribution is 5.80. The fraction of sp³-hybridized carbons (Fsp3) is 0.395. The van der Waals surface area contributed by atoms with Crippen LogP contribution in [0.3, 0.4) is 0 Å². The summed E-state index contributed by atoms with van der Waals surface area (Å²) in [5, 5.41) is 15.5. The summed E-state index contributed by atoms with van der Waals surface area (Å²) < 4.78 is 20.2. The SMILES string of the molecule is C=CCOC1(C)CCN(c2c(C(OC(C)(C)C)C(=O)O)c(C)nc3cc(-c4cccc(-c5ccccc5OC(C)C=C)c4)nn23)CC1. The quantitative estimate of drug-likeness (QED) is 0.157. The standard InChI is InChI=1S/C38H46N4O5/c1-9-22-45-38(8)18-20-41(21-19-38)35-33(34(36(43)44)47-37(5,6)7)26(4)39-32-24-30(40-42(32)35)28-15-13-14-27(23-28)29-16-11-12-17-31(29)46-25(3)10-2/h9-17,23-25,34H,1-2,18-22H2,3-8H3,(H,43,44). The maximum atomic E-state index is 12.8. The van der Waals surface area contributed by atoms with E-state index in [1.54, 1.807) is 16.7 Å². The summed E-state index contributed by atoms with van der Waals surface area (Å²) in [6, 6.07) is 18.0. The van der Waals surface area contributed by atoms with Crippen molar-refractivity contribution >= 4 is 17.4 Å². The molecule has 5 rings (SSSR count). The Kier molecular flexibility index (Phi) is 9.89. The molecule has 4 aromatic rings. The van der Waals surface area contributed by atoms with Crippen LogP contribution in [0.15, 0.2) is 79.9 Å². The summed E-state index contributed by atoms with van der Waals surface area (Å²) in [6.07, 6.45) is 3.66. The van der Waals surface area contributed by atoms with Crippen LogP contribution in [-0.4, -0.2) is 62.7 Å². The van der Waals surface area contributed by atoms with Gasteiger partial charge in [0.15, 0.2) is 11.8 Å². The highest BCUT2D eigenvalue weighted by Gasteiger charge is 2.37. The number of hydrogen-bond acceptors (Lipinski definition) is 7. The van der Waals surface area contributed by atoms with Gasteiger partial charge in [-0.05, 0) is 72.1 Å². The number of anilines is 1. The lowest BCUT2D eigenvalue weighted by molar-refractivity contribution is -0.160. The van der Waals surface area contributed by atoms with E-state index < -0.39 is 17.7 Å². The Labute approximate surface area is 277 Å². The maximum Gasteiger partial charge on any atom is 0.337 e. The van der Waals surface area contributed by atoms with Gasteiger partial charge in [-0.3, -0.25) is 0 Å². The molecule has 9 heteroatoms. The summed E-state index contributed by atoms with van der Waals surface area (Å²) in [5.74, 6) is 0.367.